The summed E-state index contributed by atoms with van der Waals surface area (Å²) in [5.74, 6) is 2.92. The van der Waals surface area contributed by atoms with Gasteiger partial charge in [-0.05, 0) is 51.4 Å². The molecule has 2 heterocycles. The van der Waals surface area contributed by atoms with Gasteiger partial charge in [0.15, 0.2) is 0 Å². The van der Waals surface area contributed by atoms with Crippen molar-refractivity contribution >= 4 is 0 Å². The van der Waals surface area contributed by atoms with Gasteiger partial charge in [-0.1, -0.05) is 137 Å². The summed E-state index contributed by atoms with van der Waals surface area (Å²) in [7, 11) is 0. The minimum Gasteiger partial charge on any atom is -0.223 e. The van der Waals surface area contributed by atoms with Crippen LogP contribution < -0.4 is 9.13 Å². The molecule has 2 aromatic rings. The number of imidazole rings is 2. The lowest BCUT2D eigenvalue weighted by molar-refractivity contribution is -0.715. The normalized spacial score (nSPS) is 11.6. The minimum absolute atomic E-state index is 1.14. The quantitative estimate of drug-likeness (QED) is 0.0629. The molecule has 0 amide bonds. The van der Waals surface area contributed by atoms with E-state index in [0.29, 0.717) is 0 Å². The zero-order valence-electron chi connectivity index (χ0n) is 29.6. The zero-order chi connectivity index (χ0) is 30.8. The van der Waals surface area contributed by atoms with Gasteiger partial charge in [-0.3, -0.25) is 0 Å². The molecule has 0 bridgehead atoms. The van der Waals surface area contributed by atoms with E-state index in [-0.39, 0.29) is 0 Å². The third kappa shape index (κ3) is 15.8. The number of hydrogen-bond donors (Lipinski definition) is 0. The predicted octanol–water partition coefficient (Wildman–Crippen LogP) is 11.4. The van der Waals surface area contributed by atoms with Crippen molar-refractivity contribution in [2.75, 3.05) is 0 Å². The number of aromatic nitrogens is 4. The summed E-state index contributed by atoms with van der Waals surface area (Å²) in [4.78, 5) is 0. The molecule has 248 valence electrons. The van der Waals surface area contributed by atoms with Crippen molar-refractivity contribution in [3.63, 3.8) is 0 Å². The van der Waals surface area contributed by atoms with Gasteiger partial charge < -0.3 is 0 Å². The van der Waals surface area contributed by atoms with Gasteiger partial charge in [-0.25, -0.2) is 18.3 Å². The van der Waals surface area contributed by atoms with E-state index in [4.69, 9.17) is 0 Å². The zero-order valence-corrected chi connectivity index (χ0v) is 29.6. The van der Waals surface area contributed by atoms with E-state index < -0.39 is 0 Å². The third-order valence-electron chi connectivity index (χ3n) is 9.40. The van der Waals surface area contributed by atoms with Crippen molar-refractivity contribution in [3.8, 4) is 11.6 Å². The Labute approximate surface area is 268 Å². The second-order valence-corrected chi connectivity index (χ2v) is 13.4. The molecule has 0 radical (unpaired) electrons. The molecule has 0 aromatic carbocycles. The summed E-state index contributed by atoms with van der Waals surface area (Å²) < 4.78 is 10.5. The smallest absolute Gasteiger partial charge is 0.223 e. The van der Waals surface area contributed by atoms with Crippen LogP contribution in [0, 0.1) is 0 Å². The summed E-state index contributed by atoms with van der Waals surface area (Å²) >= 11 is 0. The van der Waals surface area contributed by atoms with E-state index in [0.717, 1.165) is 26.2 Å². The fourth-order valence-corrected chi connectivity index (χ4v) is 6.60. The molecular weight excluding hydrogens is 524 g/mol. The highest BCUT2D eigenvalue weighted by molar-refractivity contribution is 5.36. The molecule has 0 saturated carbocycles. The summed E-state index contributed by atoms with van der Waals surface area (Å²) in [6.45, 7) is 13.8. The number of aryl methyl sites for hydroxylation is 4. The highest BCUT2D eigenvalue weighted by atomic mass is 15.2. The predicted molar refractivity (Wildman–Crippen MR) is 186 cm³/mol. The maximum absolute atomic E-state index is 2.62. The Kier molecular flexibility index (Phi) is 22.5. The first-order valence-electron chi connectivity index (χ1n) is 19.4. The summed E-state index contributed by atoms with van der Waals surface area (Å²) in [5.41, 5.74) is 0. The molecule has 0 aliphatic heterocycles. The fourth-order valence-electron chi connectivity index (χ4n) is 6.60. The molecule has 2 rings (SSSR count). The summed E-state index contributed by atoms with van der Waals surface area (Å²) in [6.07, 6.45) is 43.6. The first-order valence-corrected chi connectivity index (χ1v) is 19.4. The molecule has 43 heavy (non-hydrogen) atoms. The van der Waals surface area contributed by atoms with Gasteiger partial charge in [0.25, 0.3) is 0 Å². The topological polar surface area (TPSA) is 17.6 Å². The fraction of sp³-hybridized carbons (Fsp3) is 0.846. The van der Waals surface area contributed by atoms with Gasteiger partial charge in [0.2, 0.25) is 0 Å². The Morgan fingerprint density at radius 1 is 0.372 bits per heavy atom. The molecular formula is C39H74N4+2. The van der Waals surface area contributed by atoms with Gasteiger partial charge in [0.1, 0.15) is 24.8 Å². The van der Waals surface area contributed by atoms with Gasteiger partial charge in [0.05, 0.1) is 26.2 Å². The second kappa shape index (κ2) is 25.7. The maximum Gasteiger partial charge on any atom is 0.373 e. The average Bonchev–Trinajstić information content (AvgIpc) is 3.60. The second-order valence-electron chi connectivity index (χ2n) is 13.4. The number of nitrogens with zero attached hydrogens (tertiary/aromatic N) is 4. The maximum atomic E-state index is 2.62. The molecule has 0 atom stereocenters. The molecule has 0 aliphatic carbocycles. The molecule has 0 N–H and O–H groups in total. The van der Waals surface area contributed by atoms with E-state index in [9.17, 15) is 0 Å². The van der Waals surface area contributed by atoms with Crippen molar-refractivity contribution < 1.29 is 9.13 Å². The van der Waals surface area contributed by atoms with Gasteiger partial charge in [-0.15, -0.1) is 0 Å². The Bertz CT molecular complexity index is 862. The lowest BCUT2D eigenvalue weighted by Gasteiger charge is -2.08. The molecule has 0 spiro atoms. The van der Waals surface area contributed by atoms with E-state index in [1.54, 1.807) is 0 Å². The average molecular weight is 599 g/mol. The van der Waals surface area contributed by atoms with Crippen LogP contribution in [0.25, 0.3) is 11.6 Å². The van der Waals surface area contributed by atoms with E-state index in [1.165, 1.54) is 172 Å². The molecule has 4 nitrogen and oxygen atoms in total. The Morgan fingerprint density at radius 2 is 0.651 bits per heavy atom. The van der Waals surface area contributed by atoms with Gasteiger partial charge in [-0.2, -0.15) is 0 Å². The van der Waals surface area contributed by atoms with Crippen LogP contribution in [0.3, 0.4) is 0 Å². The van der Waals surface area contributed by atoms with Crippen molar-refractivity contribution in [2.24, 2.45) is 0 Å². The van der Waals surface area contributed by atoms with Crippen LogP contribution in [-0.4, -0.2) is 9.13 Å². The molecule has 4 heteroatoms. The number of hydrogen-bond acceptors (Lipinski definition) is 0. The van der Waals surface area contributed by atoms with Crippen molar-refractivity contribution in [1.82, 2.24) is 9.13 Å². The standard InChI is InChI=1S/C39H74N4/c1-5-9-13-17-21-25-29-33-43-37-36-42(32-28-24-20-16-12-8-4)39(43)38-40(30-26-22-18-14-10-6-2)34-35-41(38)31-27-23-19-15-11-7-3/h34-37H,5-33H2,1-4H3/q+2. The third-order valence-corrected chi connectivity index (χ3v) is 9.40. The van der Waals surface area contributed by atoms with Crippen LogP contribution in [0.15, 0.2) is 24.8 Å². The van der Waals surface area contributed by atoms with Crippen molar-refractivity contribution in [1.29, 1.82) is 0 Å². The Balaban J connectivity index is 2.20. The number of unbranched alkanes of at least 4 members (excludes halogenated alkanes) is 21. The van der Waals surface area contributed by atoms with Crippen LogP contribution >= 0.6 is 0 Å². The minimum atomic E-state index is 1.14. The number of rotatable bonds is 30. The lowest BCUT2D eigenvalue weighted by atomic mass is 10.1. The van der Waals surface area contributed by atoms with Crippen LogP contribution in [0.2, 0.25) is 0 Å². The molecule has 0 fully saturated rings. The van der Waals surface area contributed by atoms with Gasteiger partial charge in [0, 0.05) is 0 Å². The summed E-state index contributed by atoms with van der Waals surface area (Å²) in [6, 6.07) is 0. The Morgan fingerprint density at radius 3 is 0.977 bits per heavy atom. The molecule has 0 unspecified atom stereocenters. The van der Waals surface area contributed by atoms with Crippen LogP contribution in [0.4, 0.5) is 0 Å². The SMILES string of the molecule is CCCCCCCCC[n+]1ccn(CCCCCCCC)c1-c1n(CCCCCCCC)cc[n+]1CCCCCCCC. The van der Waals surface area contributed by atoms with E-state index in [2.05, 4.69) is 70.8 Å². The monoisotopic (exact) mass is 599 g/mol. The summed E-state index contributed by atoms with van der Waals surface area (Å²) in [5, 5.41) is 0. The van der Waals surface area contributed by atoms with Crippen molar-refractivity contribution in [2.45, 2.75) is 214 Å². The first kappa shape index (κ1) is 37.6. The first-order chi connectivity index (χ1) is 21.3. The van der Waals surface area contributed by atoms with E-state index in [1.807, 2.05) is 0 Å². The highest BCUT2D eigenvalue weighted by Crippen LogP contribution is 2.18. The highest BCUT2D eigenvalue weighted by Gasteiger charge is 2.32. The van der Waals surface area contributed by atoms with E-state index >= 15 is 0 Å². The molecule has 0 saturated heterocycles. The van der Waals surface area contributed by atoms with Crippen LogP contribution in [-0.2, 0) is 26.2 Å². The largest absolute Gasteiger partial charge is 0.373 e. The molecule has 0 aliphatic rings. The molecule has 2 aromatic heterocycles. The lowest BCUT2D eigenvalue weighted by Crippen LogP contribution is -2.43. The van der Waals surface area contributed by atoms with Crippen LogP contribution in [0.5, 0.6) is 0 Å². The van der Waals surface area contributed by atoms with Gasteiger partial charge >= 0.3 is 11.6 Å². The van der Waals surface area contributed by atoms with Crippen molar-refractivity contribution in [3.05, 3.63) is 24.8 Å². The van der Waals surface area contributed by atoms with Crippen LogP contribution in [0.1, 0.15) is 188 Å². The Hall–Kier alpha value is -1.58.